The van der Waals surface area contributed by atoms with E-state index in [4.69, 9.17) is 9.47 Å². The molecule has 0 spiro atoms. The van der Waals surface area contributed by atoms with Crippen LogP contribution in [-0.4, -0.2) is 37.4 Å². The predicted octanol–water partition coefficient (Wildman–Crippen LogP) is 1.46. The summed E-state index contributed by atoms with van der Waals surface area (Å²) in [7, 11) is 0. The van der Waals surface area contributed by atoms with E-state index < -0.39 is 6.29 Å². The summed E-state index contributed by atoms with van der Waals surface area (Å²) < 4.78 is 11.2. The van der Waals surface area contributed by atoms with Gasteiger partial charge >= 0.3 is 0 Å². The maximum absolute atomic E-state index is 12.4. The molecule has 0 N–H and O–H groups in total. The first kappa shape index (κ1) is 11.1. The highest BCUT2D eigenvalue weighted by molar-refractivity contribution is 5.88. The molecule has 0 amide bonds. The molecule has 20 heavy (non-hydrogen) atoms. The van der Waals surface area contributed by atoms with Gasteiger partial charge in [0.15, 0.2) is 5.78 Å². The van der Waals surface area contributed by atoms with Crippen molar-refractivity contribution in [3.05, 3.63) is 35.9 Å². The van der Waals surface area contributed by atoms with Crippen molar-refractivity contribution in [1.82, 2.24) is 0 Å². The molecule has 4 heterocycles. The van der Waals surface area contributed by atoms with Crippen molar-refractivity contribution >= 4 is 17.5 Å². The average Bonchev–Trinajstić information content (AvgIpc) is 3.08. The number of hydrogen-bond donors (Lipinski definition) is 0. The largest absolute Gasteiger partial charge is 0.363 e. The minimum atomic E-state index is -0.609. The van der Waals surface area contributed by atoms with Crippen LogP contribution in [0.25, 0.3) is 6.08 Å². The van der Waals surface area contributed by atoms with Gasteiger partial charge < -0.3 is 14.4 Å². The van der Waals surface area contributed by atoms with E-state index in [0.29, 0.717) is 6.61 Å². The van der Waals surface area contributed by atoms with Crippen LogP contribution in [-0.2, 0) is 14.3 Å². The van der Waals surface area contributed by atoms with E-state index in [1.54, 1.807) is 0 Å². The number of carbonyl (C=O) groups excluding carboxylic acids is 1. The van der Waals surface area contributed by atoms with Gasteiger partial charge in [0.25, 0.3) is 0 Å². The summed E-state index contributed by atoms with van der Waals surface area (Å²) in [6.45, 7) is 1.34. The Bertz CT molecular complexity index is 626. The van der Waals surface area contributed by atoms with Crippen LogP contribution in [0, 0.1) is 11.8 Å². The van der Waals surface area contributed by atoms with E-state index in [1.807, 2.05) is 0 Å². The van der Waals surface area contributed by atoms with E-state index in [0.717, 1.165) is 6.54 Å². The summed E-state index contributed by atoms with van der Waals surface area (Å²) in [5, 5.41) is 0. The summed E-state index contributed by atoms with van der Waals surface area (Å²) in [6, 6.07) is 8.63. The van der Waals surface area contributed by atoms with Crippen molar-refractivity contribution in [2.75, 3.05) is 18.1 Å². The minimum Gasteiger partial charge on any atom is -0.363 e. The molecular weight excluding hydrogens is 254 g/mol. The van der Waals surface area contributed by atoms with E-state index >= 15 is 0 Å². The van der Waals surface area contributed by atoms with Crippen LogP contribution in [0.15, 0.2) is 30.3 Å². The molecule has 0 unspecified atom stereocenters. The molecule has 1 aromatic carbocycles. The number of nitrogens with zero attached hydrogens (tertiary/aromatic N) is 1. The summed E-state index contributed by atoms with van der Waals surface area (Å²) in [4.78, 5) is 14.8. The second-order valence-electron chi connectivity index (χ2n) is 5.99. The first-order valence-corrected chi connectivity index (χ1v) is 7.17. The average molecular weight is 269 g/mol. The lowest BCUT2D eigenvalue weighted by Gasteiger charge is -2.34. The maximum Gasteiger partial charge on any atom is 0.218 e. The molecule has 0 radical (unpaired) electrons. The standard InChI is InChI=1S/C16H15NO3/c18-15-10-7-17-11-4-2-1-3-9(11)5-6-12(17)14(10)13-8-19-16(15)20-13/h1-6,10,12-14,16H,7-8H2/t10-,12+,13+,14-,16+/m1/s1. The van der Waals surface area contributed by atoms with Crippen LogP contribution < -0.4 is 4.90 Å². The number of fused-ring (bicyclic) bond motifs is 8. The van der Waals surface area contributed by atoms with Crippen LogP contribution in [0.2, 0.25) is 0 Å². The molecular formula is C16H15NO3. The van der Waals surface area contributed by atoms with Gasteiger partial charge in [-0.15, -0.1) is 0 Å². The maximum atomic E-state index is 12.4. The van der Waals surface area contributed by atoms with Gasteiger partial charge in [-0.25, -0.2) is 0 Å². The Balaban J connectivity index is 1.60. The summed E-state index contributed by atoms with van der Waals surface area (Å²) in [5.74, 6) is 0.400. The lowest BCUT2D eigenvalue weighted by Crippen LogP contribution is -2.45. The fraction of sp³-hybridized carbons (Fsp3) is 0.438. The van der Waals surface area contributed by atoms with Crippen LogP contribution >= 0.6 is 0 Å². The molecule has 4 aliphatic rings. The Kier molecular flexibility index (Phi) is 2.05. The summed E-state index contributed by atoms with van der Waals surface area (Å²) in [5.41, 5.74) is 2.47. The topological polar surface area (TPSA) is 38.8 Å². The van der Waals surface area contributed by atoms with E-state index in [2.05, 4.69) is 41.3 Å². The highest BCUT2D eigenvalue weighted by Crippen LogP contribution is 2.46. The minimum absolute atomic E-state index is 0.0436. The number of benzene rings is 1. The zero-order valence-corrected chi connectivity index (χ0v) is 10.9. The summed E-state index contributed by atoms with van der Waals surface area (Å²) >= 11 is 0. The molecule has 4 nitrogen and oxygen atoms in total. The number of ether oxygens (including phenoxy) is 2. The third-order valence-electron chi connectivity index (χ3n) is 5.07. The van der Waals surface area contributed by atoms with Crippen molar-refractivity contribution in [3.63, 3.8) is 0 Å². The van der Waals surface area contributed by atoms with Crippen molar-refractivity contribution < 1.29 is 14.3 Å². The van der Waals surface area contributed by atoms with E-state index in [1.165, 1.54) is 11.3 Å². The van der Waals surface area contributed by atoms with Gasteiger partial charge in [-0.2, -0.15) is 0 Å². The molecule has 4 heteroatoms. The van der Waals surface area contributed by atoms with Crippen molar-refractivity contribution in [1.29, 1.82) is 0 Å². The summed E-state index contributed by atoms with van der Waals surface area (Å²) in [6.07, 6.45) is 3.85. The van der Waals surface area contributed by atoms with Crippen LogP contribution in [0.5, 0.6) is 0 Å². The fourth-order valence-electron chi connectivity index (χ4n) is 4.19. The monoisotopic (exact) mass is 269 g/mol. The van der Waals surface area contributed by atoms with Gasteiger partial charge in [0.2, 0.25) is 6.29 Å². The lowest BCUT2D eigenvalue weighted by molar-refractivity contribution is -0.162. The van der Waals surface area contributed by atoms with Gasteiger partial charge in [-0.05, 0) is 11.6 Å². The fourth-order valence-corrected chi connectivity index (χ4v) is 4.19. The Hall–Kier alpha value is -1.65. The Morgan fingerprint density at radius 3 is 3.10 bits per heavy atom. The quantitative estimate of drug-likeness (QED) is 0.715. The Morgan fingerprint density at radius 1 is 1.25 bits per heavy atom. The van der Waals surface area contributed by atoms with E-state index in [-0.39, 0.29) is 29.8 Å². The molecule has 5 rings (SSSR count). The van der Waals surface area contributed by atoms with Gasteiger partial charge in [0.1, 0.15) is 0 Å². The Morgan fingerprint density at radius 2 is 2.15 bits per heavy atom. The second kappa shape index (κ2) is 3.71. The van der Waals surface area contributed by atoms with Crippen molar-refractivity contribution in [3.8, 4) is 0 Å². The van der Waals surface area contributed by atoms with Crippen LogP contribution in [0.3, 0.4) is 0 Å². The first-order valence-electron chi connectivity index (χ1n) is 7.17. The third-order valence-corrected chi connectivity index (χ3v) is 5.07. The smallest absolute Gasteiger partial charge is 0.218 e. The lowest BCUT2D eigenvalue weighted by atomic mass is 9.81. The van der Waals surface area contributed by atoms with Crippen molar-refractivity contribution in [2.45, 2.75) is 18.4 Å². The molecule has 0 aromatic heterocycles. The zero-order valence-electron chi connectivity index (χ0n) is 10.9. The number of hydrogen-bond acceptors (Lipinski definition) is 4. The zero-order chi connectivity index (χ0) is 13.3. The molecule has 3 fully saturated rings. The highest BCUT2D eigenvalue weighted by atomic mass is 16.7. The number of carbonyl (C=O) groups is 1. The number of anilines is 1. The SMILES string of the molecule is O=C1[C@H]2OC[C@H](O2)[C@@H]2[C@H]1CN1c3ccccc3C=C[C@@H]21. The molecule has 0 saturated carbocycles. The van der Waals surface area contributed by atoms with Gasteiger partial charge in [0, 0.05) is 24.1 Å². The second-order valence-corrected chi connectivity index (χ2v) is 5.99. The molecule has 1 aromatic rings. The molecule has 5 atom stereocenters. The van der Waals surface area contributed by atoms with Gasteiger partial charge in [-0.1, -0.05) is 30.4 Å². The molecule has 0 aliphatic carbocycles. The Labute approximate surface area is 117 Å². The van der Waals surface area contributed by atoms with Crippen LogP contribution in [0.4, 0.5) is 5.69 Å². The first-order chi connectivity index (χ1) is 9.83. The van der Waals surface area contributed by atoms with E-state index in [9.17, 15) is 4.79 Å². The molecule has 3 saturated heterocycles. The molecule has 102 valence electrons. The third kappa shape index (κ3) is 1.26. The number of para-hydroxylation sites is 1. The number of rotatable bonds is 0. The van der Waals surface area contributed by atoms with Crippen LogP contribution in [0.1, 0.15) is 5.56 Å². The normalized spacial score (nSPS) is 40.5. The number of Topliss-reactive ketones (excluding diaryl/α,β-unsaturated/α-hetero) is 1. The number of ketones is 1. The van der Waals surface area contributed by atoms with Gasteiger partial charge in [-0.3, -0.25) is 4.79 Å². The predicted molar refractivity (Wildman–Crippen MR) is 73.2 cm³/mol. The van der Waals surface area contributed by atoms with Gasteiger partial charge in [0.05, 0.1) is 18.8 Å². The highest BCUT2D eigenvalue weighted by Gasteiger charge is 2.57. The van der Waals surface area contributed by atoms with Crippen molar-refractivity contribution in [2.24, 2.45) is 11.8 Å². The molecule has 2 bridgehead atoms. The molecule has 4 aliphatic heterocycles.